The Labute approximate surface area is 105 Å². The topological polar surface area (TPSA) is 47.4 Å². The smallest absolute Gasteiger partial charge is 0.350 e. The van der Waals surface area contributed by atoms with Crippen molar-refractivity contribution in [2.75, 3.05) is 25.1 Å². The predicted molar refractivity (Wildman–Crippen MR) is 66.7 cm³/mol. The van der Waals surface area contributed by atoms with Gasteiger partial charge in [0.2, 0.25) is 0 Å². The highest BCUT2D eigenvalue weighted by Gasteiger charge is 2.21. The summed E-state index contributed by atoms with van der Waals surface area (Å²) < 4.78 is 6.85. The summed E-state index contributed by atoms with van der Waals surface area (Å²) in [5.41, 5.74) is -0.318. The molecule has 0 N–H and O–H groups in total. The molecule has 94 valence electrons. The highest BCUT2D eigenvalue weighted by atomic mass is 35.5. The van der Waals surface area contributed by atoms with E-state index in [0.717, 1.165) is 31.7 Å². The van der Waals surface area contributed by atoms with Crippen molar-refractivity contribution in [2.45, 2.75) is 18.9 Å². The Morgan fingerprint density at radius 2 is 2.12 bits per heavy atom. The summed E-state index contributed by atoms with van der Waals surface area (Å²) in [5.74, 6) is 0.824. The van der Waals surface area contributed by atoms with Crippen molar-refractivity contribution < 1.29 is 4.74 Å². The number of aromatic nitrogens is 2. The van der Waals surface area contributed by atoms with Gasteiger partial charge >= 0.3 is 5.69 Å². The maximum absolute atomic E-state index is 11.5. The minimum Gasteiger partial charge on any atom is -0.381 e. The van der Waals surface area contributed by atoms with Crippen LogP contribution in [0.15, 0.2) is 10.9 Å². The molecule has 0 aliphatic carbocycles. The second kappa shape index (κ2) is 5.06. The average Bonchev–Trinajstić information content (AvgIpc) is 2.34. The number of anilines is 1. The minimum atomic E-state index is -0.318. The van der Waals surface area contributed by atoms with Gasteiger partial charge in [0.15, 0.2) is 0 Å². The first kappa shape index (κ1) is 12.4. The first-order valence-electron chi connectivity index (χ1n) is 5.63. The predicted octanol–water partition coefficient (Wildman–Crippen LogP) is 1.05. The SMILES string of the molecule is COC1CCN(c2cc(Cl)nc(=O)n2C)CC1. The molecule has 0 spiro atoms. The highest BCUT2D eigenvalue weighted by Crippen LogP contribution is 2.21. The fourth-order valence-corrected chi connectivity index (χ4v) is 2.29. The quantitative estimate of drug-likeness (QED) is 0.743. The van der Waals surface area contributed by atoms with Gasteiger partial charge in [-0.25, -0.2) is 4.79 Å². The van der Waals surface area contributed by atoms with Crippen LogP contribution in [0.3, 0.4) is 0 Å². The van der Waals surface area contributed by atoms with E-state index in [1.807, 2.05) is 0 Å². The van der Waals surface area contributed by atoms with Gasteiger partial charge in [-0.2, -0.15) is 4.98 Å². The molecule has 0 saturated carbocycles. The summed E-state index contributed by atoms with van der Waals surface area (Å²) in [4.78, 5) is 17.4. The van der Waals surface area contributed by atoms with E-state index in [0.29, 0.717) is 6.10 Å². The van der Waals surface area contributed by atoms with Crippen LogP contribution < -0.4 is 10.6 Å². The molecule has 0 aromatic carbocycles. The number of nitrogens with zero attached hydrogens (tertiary/aromatic N) is 3. The highest BCUT2D eigenvalue weighted by molar-refractivity contribution is 6.29. The first-order valence-corrected chi connectivity index (χ1v) is 6.01. The molecule has 1 aliphatic heterocycles. The Morgan fingerprint density at radius 1 is 1.47 bits per heavy atom. The first-order chi connectivity index (χ1) is 8.11. The Bertz CT molecular complexity index is 453. The monoisotopic (exact) mass is 257 g/mol. The van der Waals surface area contributed by atoms with Crippen LogP contribution in [0, 0.1) is 0 Å². The Morgan fingerprint density at radius 3 is 2.71 bits per heavy atom. The summed E-state index contributed by atoms with van der Waals surface area (Å²) in [5, 5.41) is 0.247. The minimum absolute atomic E-state index is 0.247. The lowest BCUT2D eigenvalue weighted by molar-refractivity contribution is 0.0817. The fourth-order valence-electron chi connectivity index (χ4n) is 2.12. The van der Waals surface area contributed by atoms with Gasteiger partial charge in [0.25, 0.3) is 0 Å². The van der Waals surface area contributed by atoms with Crippen LogP contribution in [0.1, 0.15) is 12.8 Å². The van der Waals surface area contributed by atoms with E-state index >= 15 is 0 Å². The van der Waals surface area contributed by atoms with Gasteiger partial charge in [-0.1, -0.05) is 11.6 Å². The Kier molecular flexibility index (Phi) is 3.69. The largest absolute Gasteiger partial charge is 0.381 e. The molecule has 1 aromatic heterocycles. The Hall–Kier alpha value is -1.07. The van der Waals surface area contributed by atoms with Gasteiger partial charge in [-0.3, -0.25) is 4.57 Å². The zero-order valence-electron chi connectivity index (χ0n) is 10.0. The van der Waals surface area contributed by atoms with Gasteiger partial charge < -0.3 is 9.64 Å². The third-order valence-electron chi connectivity index (χ3n) is 3.18. The number of hydrogen-bond donors (Lipinski definition) is 0. The fraction of sp³-hybridized carbons (Fsp3) is 0.636. The number of piperidine rings is 1. The maximum Gasteiger partial charge on any atom is 0.350 e. The number of rotatable bonds is 2. The average molecular weight is 258 g/mol. The van der Waals surface area contributed by atoms with Crippen LogP contribution in [0.4, 0.5) is 5.82 Å². The molecule has 1 aromatic rings. The molecule has 0 radical (unpaired) electrons. The number of halogens is 1. The van der Waals surface area contributed by atoms with Crippen molar-refractivity contribution in [3.8, 4) is 0 Å². The van der Waals surface area contributed by atoms with Gasteiger partial charge in [0.05, 0.1) is 6.10 Å². The molecule has 1 saturated heterocycles. The summed E-state index contributed by atoms with van der Waals surface area (Å²) in [7, 11) is 3.45. The van der Waals surface area contributed by atoms with Crippen molar-refractivity contribution in [3.05, 3.63) is 21.7 Å². The van der Waals surface area contributed by atoms with E-state index in [1.54, 1.807) is 20.2 Å². The van der Waals surface area contributed by atoms with Gasteiger partial charge in [0.1, 0.15) is 11.0 Å². The van der Waals surface area contributed by atoms with Crippen LogP contribution in [-0.4, -0.2) is 35.9 Å². The van der Waals surface area contributed by atoms with E-state index in [-0.39, 0.29) is 10.8 Å². The van der Waals surface area contributed by atoms with Gasteiger partial charge in [-0.15, -0.1) is 0 Å². The lowest BCUT2D eigenvalue weighted by atomic mass is 10.1. The second-order valence-electron chi connectivity index (χ2n) is 4.20. The Balaban J connectivity index is 2.21. The molecule has 17 heavy (non-hydrogen) atoms. The molecule has 0 bridgehead atoms. The third-order valence-corrected chi connectivity index (χ3v) is 3.37. The van der Waals surface area contributed by atoms with Crippen molar-refractivity contribution in [1.29, 1.82) is 0 Å². The van der Waals surface area contributed by atoms with Crippen molar-refractivity contribution in [3.63, 3.8) is 0 Å². The van der Waals surface area contributed by atoms with Gasteiger partial charge in [0, 0.05) is 33.3 Å². The molecular weight excluding hydrogens is 242 g/mol. The normalized spacial score (nSPS) is 17.5. The van der Waals surface area contributed by atoms with Crippen molar-refractivity contribution in [2.24, 2.45) is 7.05 Å². The number of hydrogen-bond acceptors (Lipinski definition) is 4. The summed E-state index contributed by atoms with van der Waals surface area (Å²) in [6, 6.07) is 1.73. The molecular formula is C11H16ClN3O2. The number of methoxy groups -OCH3 is 1. The van der Waals surface area contributed by atoms with Crippen LogP contribution >= 0.6 is 11.6 Å². The summed E-state index contributed by atoms with van der Waals surface area (Å²) in [6.45, 7) is 1.73. The molecule has 2 heterocycles. The van der Waals surface area contributed by atoms with Crippen LogP contribution in [0.5, 0.6) is 0 Å². The molecule has 0 amide bonds. The third kappa shape index (κ3) is 2.61. The van der Waals surface area contributed by atoms with Crippen LogP contribution in [0.25, 0.3) is 0 Å². The molecule has 6 heteroatoms. The maximum atomic E-state index is 11.5. The van der Waals surface area contributed by atoms with Crippen LogP contribution in [0.2, 0.25) is 5.15 Å². The van der Waals surface area contributed by atoms with E-state index < -0.39 is 0 Å². The van der Waals surface area contributed by atoms with Crippen molar-refractivity contribution >= 4 is 17.4 Å². The molecule has 2 rings (SSSR count). The lowest BCUT2D eigenvalue weighted by Gasteiger charge is -2.33. The summed E-state index contributed by atoms with van der Waals surface area (Å²) >= 11 is 5.82. The zero-order chi connectivity index (χ0) is 12.4. The molecule has 1 aliphatic rings. The van der Waals surface area contributed by atoms with Crippen LogP contribution in [-0.2, 0) is 11.8 Å². The summed E-state index contributed by atoms with van der Waals surface area (Å²) in [6.07, 6.45) is 2.25. The molecule has 5 nitrogen and oxygen atoms in total. The number of ether oxygens (including phenoxy) is 1. The molecule has 0 atom stereocenters. The van der Waals surface area contributed by atoms with E-state index in [1.165, 1.54) is 4.57 Å². The molecule has 1 fully saturated rings. The second-order valence-corrected chi connectivity index (χ2v) is 4.59. The van der Waals surface area contributed by atoms with Crippen molar-refractivity contribution in [1.82, 2.24) is 9.55 Å². The van der Waals surface area contributed by atoms with E-state index in [4.69, 9.17) is 16.3 Å². The molecule has 0 unspecified atom stereocenters. The zero-order valence-corrected chi connectivity index (χ0v) is 10.8. The standard InChI is InChI=1S/C11H16ClN3O2/c1-14-10(7-9(12)13-11(14)16)15-5-3-8(17-2)4-6-15/h7-8H,3-6H2,1-2H3. The van der Waals surface area contributed by atoms with Gasteiger partial charge in [-0.05, 0) is 12.8 Å². The van der Waals surface area contributed by atoms with E-state index in [9.17, 15) is 4.79 Å². The van der Waals surface area contributed by atoms with E-state index in [2.05, 4.69) is 9.88 Å². The lowest BCUT2D eigenvalue weighted by Crippen LogP contribution is -2.39.